The van der Waals surface area contributed by atoms with E-state index in [0.29, 0.717) is 39.7 Å². The summed E-state index contributed by atoms with van der Waals surface area (Å²) < 4.78 is 13.4. The van der Waals surface area contributed by atoms with Crippen molar-refractivity contribution in [2.24, 2.45) is 0 Å². The lowest BCUT2D eigenvalue weighted by atomic mass is 10.0. The van der Waals surface area contributed by atoms with Gasteiger partial charge in [-0.1, -0.05) is 30.3 Å². The van der Waals surface area contributed by atoms with Crippen molar-refractivity contribution >= 4 is 34.5 Å². The Labute approximate surface area is 222 Å². The van der Waals surface area contributed by atoms with Crippen LogP contribution in [0.2, 0.25) is 0 Å². The third-order valence-corrected chi connectivity index (χ3v) is 7.14. The fraction of sp³-hybridized carbons (Fsp3) is 0.167. The summed E-state index contributed by atoms with van der Waals surface area (Å²) in [5, 5.41) is 5.95. The van der Waals surface area contributed by atoms with Crippen LogP contribution in [0.15, 0.2) is 72.8 Å². The topological polar surface area (TPSA) is 108 Å². The summed E-state index contributed by atoms with van der Waals surface area (Å²) in [5.41, 5.74) is 4.43. The molecule has 0 saturated carbocycles. The van der Waals surface area contributed by atoms with Gasteiger partial charge in [0.2, 0.25) is 11.8 Å². The number of nitrogens with one attached hydrogen (secondary N) is 2. The molecule has 9 heteroatoms. The molecule has 0 radical (unpaired) electrons. The van der Waals surface area contributed by atoms with Crippen molar-refractivity contribution in [3.63, 3.8) is 0 Å². The molecule has 0 spiro atoms. The first-order chi connectivity index (χ1) is 18.9. The van der Waals surface area contributed by atoms with E-state index in [-0.39, 0.29) is 43.0 Å². The van der Waals surface area contributed by atoms with Crippen LogP contribution in [0.5, 0.6) is 0 Å². The molecule has 2 aliphatic rings. The summed E-state index contributed by atoms with van der Waals surface area (Å²) in [6, 6.07) is 19.6. The smallest absolute Gasteiger partial charge is 0.255 e. The normalized spacial score (nSPS) is 16.8. The summed E-state index contributed by atoms with van der Waals surface area (Å²) in [4.78, 5) is 56.2. The van der Waals surface area contributed by atoms with Crippen LogP contribution in [0.4, 0.5) is 4.39 Å². The van der Waals surface area contributed by atoms with Crippen LogP contribution < -0.4 is 10.6 Å². The first kappa shape index (κ1) is 24.4. The number of para-hydroxylation sites is 1. The first-order valence-electron chi connectivity index (χ1n) is 12.6. The number of nitrogens with zero attached hydrogens (tertiary/aromatic N) is 2. The third kappa shape index (κ3) is 4.63. The van der Waals surface area contributed by atoms with Crippen molar-refractivity contribution in [1.82, 2.24) is 20.5 Å². The van der Waals surface area contributed by atoms with E-state index in [1.54, 1.807) is 30.3 Å². The van der Waals surface area contributed by atoms with E-state index in [9.17, 15) is 23.6 Å². The van der Waals surface area contributed by atoms with Crippen molar-refractivity contribution in [3.05, 3.63) is 101 Å². The standard InChI is InChI=1S/C30H23FN4O4/c31-20-8-6-18(7-9-20)25-14-23(22-3-1-2-4-24(22)33-25)28(37)32-15-17-5-10-21-19(13-17)16-35(30(21)39)26-11-12-27(36)34-29(26)38/h1-10,13-14,26H,11-12,15-16H2,(H,32,37)(H,34,36,38). The van der Waals surface area contributed by atoms with Gasteiger partial charge in [0.1, 0.15) is 11.9 Å². The highest BCUT2D eigenvalue weighted by atomic mass is 19.1. The van der Waals surface area contributed by atoms with E-state index in [4.69, 9.17) is 0 Å². The molecule has 1 unspecified atom stereocenters. The predicted molar refractivity (Wildman–Crippen MR) is 141 cm³/mol. The molecule has 0 bridgehead atoms. The van der Waals surface area contributed by atoms with Crippen LogP contribution in [0.1, 0.15) is 44.7 Å². The number of amides is 4. The Bertz CT molecular complexity index is 1670. The van der Waals surface area contributed by atoms with Gasteiger partial charge in [0.25, 0.3) is 11.8 Å². The lowest BCUT2D eigenvalue weighted by Crippen LogP contribution is -2.52. The average molecular weight is 523 g/mol. The molecule has 4 aromatic rings. The van der Waals surface area contributed by atoms with Crippen molar-refractivity contribution in [3.8, 4) is 11.3 Å². The second kappa shape index (κ2) is 9.75. The van der Waals surface area contributed by atoms with Crippen LogP contribution >= 0.6 is 0 Å². The van der Waals surface area contributed by atoms with Gasteiger partial charge < -0.3 is 10.2 Å². The number of carbonyl (C=O) groups is 4. The highest BCUT2D eigenvalue weighted by Gasteiger charge is 2.39. The SMILES string of the molecule is O=C1CCC(N2Cc3cc(CNC(=O)c4cc(-c5ccc(F)cc5)nc5ccccc45)ccc3C2=O)C(=O)N1. The summed E-state index contributed by atoms with van der Waals surface area (Å²) in [5.74, 6) is -1.67. The zero-order chi connectivity index (χ0) is 27.1. The number of aromatic nitrogens is 1. The predicted octanol–water partition coefficient (Wildman–Crippen LogP) is 3.73. The fourth-order valence-electron chi connectivity index (χ4n) is 5.15. The molecule has 3 heterocycles. The number of imide groups is 1. The van der Waals surface area contributed by atoms with Crippen molar-refractivity contribution < 1.29 is 23.6 Å². The minimum absolute atomic E-state index is 0.195. The lowest BCUT2D eigenvalue weighted by Gasteiger charge is -2.29. The Morgan fingerprint density at radius 3 is 2.62 bits per heavy atom. The van der Waals surface area contributed by atoms with Gasteiger partial charge in [-0.2, -0.15) is 0 Å². The Balaban J connectivity index is 1.21. The summed E-state index contributed by atoms with van der Waals surface area (Å²) in [6.07, 6.45) is 0.494. The summed E-state index contributed by atoms with van der Waals surface area (Å²) in [6.45, 7) is 0.486. The molecule has 3 aromatic carbocycles. The van der Waals surface area contributed by atoms with E-state index in [0.717, 1.165) is 11.1 Å². The molecule has 6 rings (SSSR count). The maximum Gasteiger partial charge on any atom is 0.255 e. The molecule has 1 atom stereocenters. The molecule has 2 aliphatic heterocycles. The lowest BCUT2D eigenvalue weighted by molar-refractivity contribution is -0.136. The number of pyridine rings is 1. The largest absolute Gasteiger partial charge is 0.348 e. The van der Waals surface area contributed by atoms with Crippen molar-refractivity contribution in [2.45, 2.75) is 32.0 Å². The molecule has 39 heavy (non-hydrogen) atoms. The number of hydrogen-bond donors (Lipinski definition) is 2. The molecular weight excluding hydrogens is 499 g/mol. The number of rotatable bonds is 5. The zero-order valence-electron chi connectivity index (χ0n) is 20.7. The van der Waals surface area contributed by atoms with E-state index >= 15 is 0 Å². The van der Waals surface area contributed by atoms with Gasteiger partial charge in [-0.15, -0.1) is 0 Å². The maximum atomic E-state index is 13.4. The molecule has 4 amide bonds. The zero-order valence-corrected chi connectivity index (χ0v) is 20.7. The van der Waals surface area contributed by atoms with Crippen molar-refractivity contribution in [1.29, 1.82) is 0 Å². The molecule has 2 N–H and O–H groups in total. The van der Waals surface area contributed by atoms with Crippen LogP contribution in [-0.4, -0.2) is 39.6 Å². The van der Waals surface area contributed by atoms with E-state index < -0.39 is 11.9 Å². The van der Waals surface area contributed by atoms with Gasteiger partial charge in [-0.05, 0) is 60.0 Å². The van der Waals surface area contributed by atoms with Crippen molar-refractivity contribution in [2.75, 3.05) is 0 Å². The van der Waals surface area contributed by atoms with Crippen LogP contribution in [0.3, 0.4) is 0 Å². The number of hydrogen-bond acceptors (Lipinski definition) is 5. The van der Waals surface area contributed by atoms with Crippen LogP contribution in [-0.2, 0) is 22.7 Å². The number of halogens is 1. The summed E-state index contributed by atoms with van der Waals surface area (Å²) >= 11 is 0. The highest BCUT2D eigenvalue weighted by molar-refractivity contribution is 6.07. The minimum Gasteiger partial charge on any atom is -0.348 e. The maximum absolute atomic E-state index is 13.4. The van der Waals surface area contributed by atoms with E-state index in [2.05, 4.69) is 15.6 Å². The fourth-order valence-corrected chi connectivity index (χ4v) is 5.15. The van der Waals surface area contributed by atoms with Gasteiger partial charge in [0.15, 0.2) is 0 Å². The van der Waals surface area contributed by atoms with Crippen LogP contribution in [0, 0.1) is 5.82 Å². The molecule has 1 aromatic heterocycles. The Morgan fingerprint density at radius 1 is 1.03 bits per heavy atom. The molecule has 194 valence electrons. The van der Waals surface area contributed by atoms with Gasteiger partial charge in [0.05, 0.1) is 16.8 Å². The molecule has 1 fully saturated rings. The first-order valence-corrected chi connectivity index (χ1v) is 12.6. The van der Waals surface area contributed by atoms with Crippen LogP contribution in [0.25, 0.3) is 22.2 Å². The number of piperidine rings is 1. The monoisotopic (exact) mass is 522 g/mol. The quantitative estimate of drug-likeness (QED) is 0.389. The molecule has 0 aliphatic carbocycles. The third-order valence-electron chi connectivity index (χ3n) is 7.14. The number of benzene rings is 3. The Kier molecular flexibility index (Phi) is 6.11. The average Bonchev–Trinajstić information content (AvgIpc) is 3.26. The summed E-state index contributed by atoms with van der Waals surface area (Å²) in [7, 11) is 0. The molecule has 1 saturated heterocycles. The van der Waals surface area contributed by atoms with Gasteiger partial charge in [-0.25, -0.2) is 9.37 Å². The highest BCUT2D eigenvalue weighted by Crippen LogP contribution is 2.29. The van der Waals surface area contributed by atoms with Gasteiger partial charge >= 0.3 is 0 Å². The Hall–Kier alpha value is -4.92. The molecule has 8 nitrogen and oxygen atoms in total. The van der Waals surface area contributed by atoms with E-state index in [1.165, 1.54) is 17.0 Å². The number of carbonyl (C=O) groups excluding carboxylic acids is 4. The second-order valence-electron chi connectivity index (χ2n) is 9.65. The number of fused-ring (bicyclic) bond motifs is 2. The van der Waals surface area contributed by atoms with E-state index in [1.807, 2.05) is 30.3 Å². The Morgan fingerprint density at radius 2 is 1.82 bits per heavy atom. The molecular formula is C30H23FN4O4. The van der Waals surface area contributed by atoms with Gasteiger partial charge in [0, 0.05) is 36.0 Å². The minimum atomic E-state index is -0.680. The second-order valence-corrected chi connectivity index (χ2v) is 9.65. The van der Waals surface area contributed by atoms with Gasteiger partial charge in [-0.3, -0.25) is 24.5 Å².